The number of hydrogen-bond donors (Lipinski definition) is 0. The summed E-state index contributed by atoms with van der Waals surface area (Å²) in [6.45, 7) is 3.17. The molecule has 0 bridgehead atoms. The number of rotatable bonds is 9. The Morgan fingerprint density at radius 1 is 0.971 bits per heavy atom. The van der Waals surface area contributed by atoms with E-state index in [2.05, 4.69) is 11.9 Å². The highest BCUT2D eigenvalue weighted by Crippen LogP contribution is 2.39. The van der Waals surface area contributed by atoms with E-state index >= 15 is 0 Å². The fraction of sp³-hybridized carbons (Fsp3) is 0.276. The quantitative estimate of drug-likeness (QED) is 0.286. The lowest BCUT2D eigenvalue weighted by Crippen LogP contribution is -2.29. The molecule has 6 heteroatoms. The number of nitrogens with zero attached hydrogens (tertiary/aromatic N) is 2. The van der Waals surface area contributed by atoms with Crippen LogP contribution in [-0.4, -0.2) is 22.4 Å². The number of pyridine rings is 1. The minimum atomic E-state index is -0.558. The van der Waals surface area contributed by atoms with Gasteiger partial charge in [0.05, 0.1) is 23.6 Å². The van der Waals surface area contributed by atoms with Crippen molar-refractivity contribution < 1.29 is 13.9 Å². The summed E-state index contributed by atoms with van der Waals surface area (Å²) in [6.07, 6.45) is 8.00. The average molecular weight is 469 g/mol. The summed E-state index contributed by atoms with van der Waals surface area (Å²) < 4.78 is 11.9. The molecule has 0 aliphatic carbocycles. The van der Waals surface area contributed by atoms with E-state index in [9.17, 15) is 9.59 Å². The molecule has 1 unspecified atom stereocenters. The predicted octanol–water partition coefficient (Wildman–Crippen LogP) is 5.89. The Balaban J connectivity index is 1.51. The third kappa shape index (κ3) is 4.56. The van der Waals surface area contributed by atoms with E-state index in [1.807, 2.05) is 36.4 Å². The zero-order valence-corrected chi connectivity index (χ0v) is 19.8. The van der Waals surface area contributed by atoms with Crippen molar-refractivity contribution in [3.63, 3.8) is 0 Å². The fourth-order valence-corrected chi connectivity index (χ4v) is 4.63. The Labute approximate surface area is 204 Å². The lowest BCUT2D eigenvalue weighted by molar-refractivity contribution is 0.0714. The summed E-state index contributed by atoms with van der Waals surface area (Å²) in [4.78, 5) is 33.0. The van der Waals surface area contributed by atoms with Gasteiger partial charge in [-0.2, -0.15) is 0 Å². The van der Waals surface area contributed by atoms with Gasteiger partial charge in [-0.1, -0.05) is 56.5 Å². The van der Waals surface area contributed by atoms with Gasteiger partial charge in [0.2, 0.25) is 5.76 Å². The van der Waals surface area contributed by atoms with Crippen LogP contribution < -0.4 is 10.2 Å². The maximum absolute atomic E-state index is 13.6. The summed E-state index contributed by atoms with van der Waals surface area (Å²) >= 11 is 0. The van der Waals surface area contributed by atoms with Crippen LogP contribution in [0.1, 0.15) is 65.9 Å². The second-order valence-corrected chi connectivity index (χ2v) is 8.85. The number of hydrogen-bond acceptors (Lipinski definition) is 5. The van der Waals surface area contributed by atoms with Gasteiger partial charge in [-0.05, 0) is 47.9 Å². The number of aromatic nitrogens is 1. The number of carbonyl (C=O) groups is 1. The van der Waals surface area contributed by atoms with Crippen LogP contribution in [0.2, 0.25) is 0 Å². The molecule has 0 saturated carbocycles. The molecule has 2 aromatic carbocycles. The second kappa shape index (κ2) is 10.1. The molecular weight excluding hydrogens is 440 g/mol. The van der Waals surface area contributed by atoms with Crippen molar-refractivity contribution in [3.8, 4) is 5.75 Å². The topological polar surface area (TPSA) is 72.6 Å². The first-order valence-corrected chi connectivity index (χ1v) is 12.2. The zero-order valence-electron chi connectivity index (χ0n) is 19.8. The number of unbranched alkanes of at least 4 members (excludes halogenated alkanes) is 3. The standard InChI is InChI=1S/C29H28N2O4/c1-2-3-4-7-17-34-22-14-12-21(13-15-22)26-25-27(32)23-10-5-6-11-24(23)35-28(25)29(33)31(26)19-20-9-8-16-30-18-20/h5-6,8-16,18,26H,2-4,7,17,19H2,1H3. The van der Waals surface area contributed by atoms with Gasteiger partial charge < -0.3 is 14.1 Å². The first kappa shape index (κ1) is 22.8. The van der Waals surface area contributed by atoms with Gasteiger partial charge in [-0.3, -0.25) is 14.6 Å². The monoisotopic (exact) mass is 468 g/mol. The van der Waals surface area contributed by atoms with Gasteiger partial charge in [0.25, 0.3) is 5.91 Å². The van der Waals surface area contributed by atoms with Crippen LogP contribution in [0.4, 0.5) is 0 Å². The van der Waals surface area contributed by atoms with Crippen molar-refractivity contribution in [1.29, 1.82) is 0 Å². The average Bonchev–Trinajstić information content (AvgIpc) is 3.16. The van der Waals surface area contributed by atoms with E-state index in [1.54, 1.807) is 41.6 Å². The van der Waals surface area contributed by atoms with E-state index in [0.29, 0.717) is 29.7 Å². The van der Waals surface area contributed by atoms with E-state index in [4.69, 9.17) is 9.15 Å². The largest absolute Gasteiger partial charge is 0.494 e. The van der Waals surface area contributed by atoms with E-state index in [-0.39, 0.29) is 17.1 Å². The molecule has 178 valence electrons. The third-order valence-corrected chi connectivity index (χ3v) is 6.41. The van der Waals surface area contributed by atoms with Crippen molar-refractivity contribution >= 4 is 16.9 Å². The second-order valence-electron chi connectivity index (χ2n) is 8.85. The van der Waals surface area contributed by atoms with Crippen LogP contribution in [0.25, 0.3) is 11.0 Å². The van der Waals surface area contributed by atoms with Gasteiger partial charge in [-0.25, -0.2) is 0 Å². The maximum Gasteiger partial charge on any atom is 0.291 e. The summed E-state index contributed by atoms with van der Waals surface area (Å²) in [7, 11) is 0. The highest BCUT2D eigenvalue weighted by Gasteiger charge is 2.42. The lowest BCUT2D eigenvalue weighted by Gasteiger charge is -2.25. The molecule has 1 aliphatic rings. The van der Waals surface area contributed by atoms with Crippen molar-refractivity contribution in [1.82, 2.24) is 9.88 Å². The summed E-state index contributed by atoms with van der Waals surface area (Å²) in [6, 6.07) is 17.9. The lowest BCUT2D eigenvalue weighted by atomic mass is 9.98. The van der Waals surface area contributed by atoms with Crippen LogP contribution in [0.5, 0.6) is 5.75 Å². The Morgan fingerprint density at radius 2 is 1.80 bits per heavy atom. The van der Waals surface area contributed by atoms with Crippen molar-refractivity contribution in [3.05, 3.63) is 106 Å². The number of benzene rings is 2. The number of ether oxygens (including phenoxy) is 1. The Hall–Kier alpha value is -3.93. The Bertz CT molecular complexity index is 1380. The normalized spacial score (nSPS) is 14.9. The first-order chi connectivity index (χ1) is 17.2. The molecule has 1 atom stereocenters. The number of fused-ring (bicyclic) bond motifs is 2. The molecule has 0 saturated heterocycles. The summed E-state index contributed by atoms with van der Waals surface area (Å²) in [5.74, 6) is 0.589. The highest BCUT2D eigenvalue weighted by molar-refractivity contribution is 5.99. The van der Waals surface area contributed by atoms with E-state index < -0.39 is 6.04 Å². The molecule has 0 N–H and O–H groups in total. The molecule has 1 amide bonds. The zero-order chi connectivity index (χ0) is 24.2. The van der Waals surface area contributed by atoms with Crippen molar-refractivity contribution in [2.24, 2.45) is 0 Å². The number of para-hydroxylation sites is 1. The SMILES string of the molecule is CCCCCCOc1ccc(C2c3c(oc4ccccc4c3=O)C(=O)N2Cc2cccnc2)cc1. The Morgan fingerprint density at radius 3 is 2.57 bits per heavy atom. The maximum atomic E-state index is 13.6. The predicted molar refractivity (Wildman–Crippen MR) is 135 cm³/mol. The summed E-state index contributed by atoms with van der Waals surface area (Å²) in [5.41, 5.74) is 2.33. The number of carbonyl (C=O) groups excluding carboxylic acids is 1. The van der Waals surface area contributed by atoms with Crippen LogP contribution >= 0.6 is 0 Å². The molecule has 0 spiro atoms. The van der Waals surface area contributed by atoms with Gasteiger partial charge in [0.15, 0.2) is 5.43 Å². The summed E-state index contributed by atoms with van der Waals surface area (Å²) in [5, 5.41) is 0.472. The molecule has 0 radical (unpaired) electrons. The van der Waals surface area contributed by atoms with Crippen LogP contribution in [0.15, 0.2) is 82.3 Å². The van der Waals surface area contributed by atoms with E-state index in [1.165, 1.54) is 12.8 Å². The fourth-order valence-electron chi connectivity index (χ4n) is 4.63. The van der Waals surface area contributed by atoms with Gasteiger partial charge in [0, 0.05) is 18.9 Å². The molecule has 2 aromatic heterocycles. The molecular formula is C29H28N2O4. The third-order valence-electron chi connectivity index (χ3n) is 6.41. The molecule has 0 fully saturated rings. The minimum Gasteiger partial charge on any atom is -0.494 e. The van der Waals surface area contributed by atoms with Crippen LogP contribution in [-0.2, 0) is 6.54 Å². The smallest absolute Gasteiger partial charge is 0.291 e. The molecule has 5 rings (SSSR count). The van der Waals surface area contributed by atoms with Crippen LogP contribution in [0, 0.1) is 0 Å². The number of amides is 1. The van der Waals surface area contributed by atoms with Crippen molar-refractivity contribution in [2.45, 2.75) is 45.2 Å². The molecule has 3 heterocycles. The Kier molecular flexibility index (Phi) is 6.62. The molecule has 6 nitrogen and oxygen atoms in total. The van der Waals surface area contributed by atoms with Gasteiger partial charge in [0.1, 0.15) is 11.3 Å². The van der Waals surface area contributed by atoms with Gasteiger partial charge in [-0.15, -0.1) is 0 Å². The molecule has 4 aromatic rings. The van der Waals surface area contributed by atoms with E-state index in [0.717, 1.165) is 29.7 Å². The van der Waals surface area contributed by atoms with Crippen LogP contribution in [0.3, 0.4) is 0 Å². The van der Waals surface area contributed by atoms with Crippen molar-refractivity contribution in [2.75, 3.05) is 6.61 Å². The highest BCUT2D eigenvalue weighted by atomic mass is 16.5. The molecule has 1 aliphatic heterocycles. The first-order valence-electron chi connectivity index (χ1n) is 12.2. The molecule has 35 heavy (non-hydrogen) atoms. The van der Waals surface area contributed by atoms with Gasteiger partial charge >= 0.3 is 0 Å². The minimum absolute atomic E-state index is 0.110.